The number of hydrogen-bond acceptors (Lipinski definition) is 5. The fourth-order valence-corrected chi connectivity index (χ4v) is 4.21. The standard InChI is InChI=1S/C19H30N4O2S/c1-16-15-17(23-9-13-26-14-10-23)3-4-18(16)21-19(24)20-5-2-6-22-7-11-25-12-8-22/h3-4,15H,2,5-14H2,1H3,(H2,20,21,24). The highest BCUT2D eigenvalue weighted by Gasteiger charge is 2.13. The molecule has 0 aromatic heterocycles. The molecule has 0 unspecified atom stereocenters. The molecule has 2 saturated heterocycles. The first kappa shape index (κ1) is 19.3. The lowest BCUT2D eigenvalue weighted by molar-refractivity contribution is 0.0375. The van der Waals surface area contributed by atoms with Crippen LogP contribution in [-0.2, 0) is 4.74 Å². The largest absolute Gasteiger partial charge is 0.379 e. The smallest absolute Gasteiger partial charge is 0.319 e. The van der Waals surface area contributed by atoms with Gasteiger partial charge in [0.05, 0.1) is 13.2 Å². The van der Waals surface area contributed by atoms with Gasteiger partial charge in [-0.15, -0.1) is 0 Å². The summed E-state index contributed by atoms with van der Waals surface area (Å²) in [6, 6.07) is 6.16. The van der Waals surface area contributed by atoms with E-state index in [-0.39, 0.29) is 6.03 Å². The summed E-state index contributed by atoms with van der Waals surface area (Å²) < 4.78 is 5.34. The predicted octanol–water partition coefficient (Wildman–Crippen LogP) is 2.39. The molecule has 6 nitrogen and oxygen atoms in total. The van der Waals surface area contributed by atoms with Gasteiger partial charge < -0.3 is 20.3 Å². The molecule has 26 heavy (non-hydrogen) atoms. The van der Waals surface area contributed by atoms with Crippen LogP contribution in [0.1, 0.15) is 12.0 Å². The minimum atomic E-state index is -0.128. The second-order valence-corrected chi connectivity index (χ2v) is 8.01. The third-order valence-corrected chi connectivity index (χ3v) is 5.82. The molecule has 2 aliphatic rings. The number of urea groups is 1. The number of thioether (sulfide) groups is 1. The fraction of sp³-hybridized carbons (Fsp3) is 0.632. The van der Waals surface area contributed by atoms with Gasteiger partial charge >= 0.3 is 6.03 Å². The molecule has 7 heteroatoms. The minimum absolute atomic E-state index is 0.128. The van der Waals surface area contributed by atoms with Crippen LogP contribution in [0.5, 0.6) is 0 Å². The van der Waals surface area contributed by atoms with Crippen LogP contribution in [0.2, 0.25) is 0 Å². The third-order valence-electron chi connectivity index (χ3n) is 4.87. The van der Waals surface area contributed by atoms with E-state index in [1.807, 2.05) is 17.8 Å². The number of carbonyl (C=O) groups is 1. The Balaban J connectivity index is 1.40. The van der Waals surface area contributed by atoms with Gasteiger partial charge in [-0.3, -0.25) is 4.90 Å². The average molecular weight is 379 g/mol. The Bertz CT molecular complexity index is 587. The van der Waals surface area contributed by atoms with Gasteiger partial charge in [0.1, 0.15) is 0 Å². The van der Waals surface area contributed by atoms with E-state index in [4.69, 9.17) is 4.74 Å². The molecular formula is C19H30N4O2S. The number of hydrogen-bond donors (Lipinski definition) is 2. The number of nitrogens with one attached hydrogen (secondary N) is 2. The topological polar surface area (TPSA) is 56.8 Å². The van der Waals surface area contributed by atoms with E-state index >= 15 is 0 Å². The highest BCUT2D eigenvalue weighted by atomic mass is 32.2. The SMILES string of the molecule is Cc1cc(N2CCSCC2)ccc1NC(=O)NCCCN1CCOCC1. The van der Waals surface area contributed by atoms with E-state index in [0.29, 0.717) is 6.54 Å². The number of anilines is 2. The van der Waals surface area contributed by atoms with Gasteiger partial charge in [0.15, 0.2) is 0 Å². The van der Waals surface area contributed by atoms with Gasteiger partial charge in [-0.25, -0.2) is 4.79 Å². The maximum absolute atomic E-state index is 12.1. The second-order valence-electron chi connectivity index (χ2n) is 6.79. The first-order valence-electron chi connectivity index (χ1n) is 9.51. The molecule has 1 aromatic carbocycles. The van der Waals surface area contributed by atoms with E-state index in [9.17, 15) is 4.79 Å². The molecule has 0 atom stereocenters. The lowest BCUT2D eigenvalue weighted by atomic mass is 10.1. The molecule has 0 bridgehead atoms. The molecule has 1 aromatic rings. The summed E-state index contributed by atoms with van der Waals surface area (Å²) >= 11 is 2.01. The number of ether oxygens (including phenoxy) is 1. The molecule has 2 N–H and O–H groups in total. The van der Waals surface area contributed by atoms with Crippen molar-refractivity contribution in [3.63, 3.8) is 0 Å². The molecule has 2 aliphatic heterocycles. The minimum Gasteiger partial charge on any atom is -0.379 e. The third kappa shape index (κ3) is 5.79. The van der Waals surface area contributed by atoms with Crippen molar-refractivity contribution in [3.8, 4) is 0 Å². The van der Waals surface area contributed by atoms with Gasteiger partial charge in [0.2, 0.25) is 0 Å². The summed E-state index contributed by atoms with van der Waals surface area (Å²) in [7, 11) is 0. The number of morpholine rings is 1. The van der Waals surface area contributed by atoms with Crippen LogP contribution in [0.25, 0.3) is 0 Å². The number of benzene rings is 1. The highest BCUT2D eigenvalue weighted by Crippen LogP contribution is 2.24. The zero-order valence-corrected chi connectivity index (χ0v) is 16.4. The maximum atomic E-state index is 12.1. The van der Waals surface area contributed by atoms with Crippen LogP contribution in [0.4, 0.5) is 16.2 Å². The number of aryl methyl sites for hydroxylation is 1. The van der Waals surface area contributed by atoms with E-state index in [0.717, 1.165) is 63.6 Å². The molecule has 2 heterocycles. The molecule has 2 amide bonds. The normalized spacial score (nSPS) is 18.6. The van der Waals surface area contributed by atoms with Crippen molar-refractivity contribution in [3.05, 3.63) is 23.8 Å². The summed E-state index contributed by atoms with van der Waals surface area (Å²) in [6.45, 7) is 9.56. The molecule has 0 radical (unpaired) electrons. The van der Waals surface area contributed by atoms with Crippen molar-refractivity contribution >= 4 is 29.2 Å². The Labute approximate surface area is 160 Å². The zero-order valence-electron chi connectivity index (χ0n) is 15.6. The maximum Gasteiger partial charge on any atom is 0.319 e. The van der Waals surface area contributed by atoms with Crippen LogP contribution in [0, 0.1) is 6.92 Å². The average Bonchev–Trinajstić information content (AvgIpc) is 2.68. The van der Waals surface area contributed by atoms with Crippen molar-refractivity contribution in [1.29, 1.82) is 0 Å². The molecule has 3 rings (SSSR count). The van der Waals surface area contributed by atoms with Gasteiger partial charge in [0.25, 0.3) is 0 Å². The molecule has 144 valence electrons. The van der Waals surface area contributed by atoms with Crippen molar-refractivity contribution < 1.29 is 9.53 Å². The summed E-state index contributed by atoms with van der Waals surface area (Å²) in [4.78, 5) is 16.9. The highest BCUT2D eigenvalue weighted by molar-refractivity contribution is 7.99. The van der Waals surface area contributed by atoms with Crippen molar-refractivity contribution in [2.45, 2.75) is 13.3 Å². The predicted molar refractivity (Wildman–Crippen MR) is 110 cm³/mol. The lowest BCUT2D eigenvalue weighted by Gasteiger charge is -2.29. The van der Waals surface area contributed by atoms with Crippen LogP contribution < -0.4 is 15.5 Å². The number of rotatable bonds is 6. The first-order valence-corrected chi connectivity index (χ1v) is 10.7. The first-order chi connectivity index (χ1) is 12.7. The summed E-state index contributed by atoms with van der Waals surface area (Å²) in [5, 5.41) is 5.93. The summed E-state index contributed by atoms with van der Waals surface area (Å²) in [5.74, 6) is 2.37. The van der Waals surface area contributed by atoms with Gasteiger partial charge in [-0.2, -0.15) is 11.8 Å². The van der Waals surface area contributed by atoms with Crippen molar-refractivity contribution in [2.75, 3.05) is 74.2 Å². The molecular weight excluding hydrogens is 348 g/mol. The summed E-state index contributed by atoms with van der Waals surface area (Å²) in [6.07, 6.45) is 0.957. The molecule has 0 spiro atoms. The molecule has 0 aliphatic carbocycles. The van der Waals surface area contributed by atoms with E-state index in [1.54, 1.807) is 0 Å². The monoisotopic (exact) mass is 378 g/mol. The van der Waals surface area contributed by atoms with Crippen LogP contribution in [0.15, 0.2) is 18.2 Å². The van der Waals surface area contributed by atoms with Crippen LogP contribution in [-0.4, -0.2) is 74.9 Å². The van der Waals surface area contributed by atoms with Crippen molar-refractivity contribution in [1.82, 2.24) is 10.2 Å². The fourth-order valence-electron chi connectivity index (χ4n) is 3.30. The van der Waals surface area contributed by atoms with Gasteiger partial charge in [-0.1, -0.05) is 0 Å². The Morgan fingerprint density at radius 2 is 1.96 bits per heavy atom. The number of amides is 2. The molecule has 0 saturated carbocycles. The zero-order chi connectivity index (χ0) is 18.2. The summed E-state index contributed by atoms with van der Waals surface area (Å²) in [5.41, 5.74) is 3.23. The van der Waals surface area contributed by atoms with Gasteiger partial charge in [-0.05, 0) is 43.7 Å². The van der Waals surface area contributed by atoms with Crippen molar-refractivity contribution in [2.24, 2.45) is 0 Å². The van der Waals surface area contributed by atoms with E-state index in [2.05, 4.69) is 39.5 Å². The Kier molecular flexibility index (Phi) is 7.46. The van der Waals surface area contributed by atoms with Crippen LogP contribution >= 0.6 is 11.8 Å². The van der Waals surface area contributed by atoms with Crippen LogP contribution in [0.3, 0.4) is 0 Å². The van der Waals surface area contributed by atoms with E-state index < -0.39 is 0 Å². The molecule has 2 fully saturated rings. The van der Waals surface area contributed by atoms with E-state index in [1.165, 1.54) is 17.2 Å². The Morgan fingerprint density at radius 1 is 1.19 bits per heavy atom. The van der Waals surface area contributed by atoms with Gasteiger partial charge in [0, 0.05) is 55.6 Å². The quantitative estimate of drug-likeness (QED) is 0.745. The Morgan fingerprint density at radius 3 is 2.69 bits per heavy atom. The number of nitrogens with zero attached hydrogens (tertiary/aromatic N) is 2. The Hall–Kier alpha value is -1.44. The second kappa shape index (κ2) is 10.0. The number of carbonyl (C=O) groups excluding carboxylic acids is 1. The lowest BCUT2D eigenvalue weighted by Crippen LogP contribution is -2.38.